The van der Waals surface area contributed by atoms with Gasteiger partial charge in [0.2, 0.25) is 11.2 Å². The Morgan fingerprint density at radius 2 is 2.00 bits per heavy atom. The van der Waals surface area contributed by atoms with Crippen LogP contribution < -0.4 is 15.0 Å². The molecule has 0 radical (unpaired) electrons. The second-order valence-electron chi connectivity index (χ2n) is 6.07. The number of ether oxygens (including phenoxy) is 1. The molecule has 0 atom stereocenters. The first-order valence-electron chi connectivity index (χ1n) is 8.70. The van der Waals surface area contributed by atoms with Crippen LogP contribution in [-0.4, -0.2) is 53.6 Å². The van der Waals surface area contributed by atoms with Crippen molar-refractivity contribution in [2.24, 2.45) is 0 Å². The van der Waals surface area contributed by atoms with Gasteiger partial charge in [0.1, 0.15) is 10.8 Å². The van der Waals surface area contributed by atoms with Crippen LogP contribution >= 0.6 is 23.2 Å². The molecule has 3 rings (SSSR count). The van der Waals surface area contributed by atoms with Gasteiger partial charge in [-0.25, -0.2) is 4.98 Å². The van der Waals surface area contributed by atoms with Crippen molar-refractivity contribution < 1.29 is 9.53 Å². The normalized spacial score (nSPS) is 14.2. The Morgan fingerprint density at radius 3 is 2.67 bits per heavy atom. The molecule has 7 nitrogen and oxygen atoms in total. The molecule has 0 saturated carbocycles. The lowest BCUT2D eigenvalue weighted by Crippen LogP contribution is -2.48. The molecule has 1 amide bonds. The molecule has 0 spiro atoms. The minimum absolute atomic E-state index is 0.111. The number of carbonyl (C=O) groups is 1. The summed E-state index contributed by atoms with van der Waals surface area (Å²) in [5, 5.41) is 3.63. The van der Waals surface area contributed by atoms with Crippen molar-refractivity contribution in [1.82, 2.24) is 14.9 Å². The van der Waals surface area contributed by atoms with Gasteiger partial charge < -0.3 is 19.9 Å². The molecule has 0 aliphatic carbocycles. The number of carbonyl (C=O) groups excluding carboxylic acids is 1. The summed E-state index contributed by atoms with van der Waals surface area (Å²) in [7, 11) is 0. The lowest BCUT2D eigenvalue weighted by molar-refractivity contribution is -0.129. The van der Waals surface area contributed by atoms with Crippen molar-refractivity contribution in [2.75, 3.05) is 43.0 Å². The van der Waals surface area contributed by atoms with Crippen LogP contribution in [0.3, 0.4) is 0 Å². The average molecular weight is 410 g/mol. The van der Waals surface area contributed by atoms with E-state index in [1.807, 2.05) is 30.0 Å². The zero-order chi connectivity index (χ0) is 19.4. The molecular weight excluding hydrogens is 389 g/mol. The van der Waals surface area contributed by atoms with Gasteiger partial charge in [0.25, 0.3) is 0 Å². The first kappa shape index (κ1) is 19.5. The number of rotatable bonds is 5. The predicted molar refractivity (Wildman–Crippen MR) is 107 cm³/mol. The number of aromatic nitrogens is 2. The first-order chi connectivity index (χ1) is 13.0. The molecule has 27 heavy (non-hydrogen) atoms. The molecule has 1 aromatic carbocycles. The molecule has 1 aromatic heterocycles. The summed E-state index contributed by atoms with van der Waals surface area (Å²) in [6, 6.07) is 5.90. The van der Waals surface area contributed by atoms with Crippen LogP contribution in [0, 0.1) is 0 Å². The molecule has 0 unspecified atom stereocenters. The Balaban J connectivity index is 1.80. The van der Waals surface area contributed by atoms with Gasteiger partial charge in [-0.15, -0.1) is 0 Å². The van der Waals surface area contributed by atoms with E-state index in [0.29, 0.717) is 36.3 Å². The molecule has 1 N–H and O–H groups in total. The Hall–Kier alpha value is -2.25. The Kier molecular flexibility index (Phi) is 6.23. The lowest BCUT2D eigenvalue weighted by Gasteiger charge is -2.35. The van der Waals surface area contributed by atoms with Gasteiger partial charge >= 0.3 is 0 Å². The second-order valence-corrected chi connectivity index (χ2v) is 6.81. The fraction of sp³-hybridized carbons (Fsp3) is 0.389. The summed E-state index contributed by atoms with van der Waals surface area (Å²) >= 11 is 12.0. The van der Waals surface area contributed by atoms with Crippen LogP contribution in [0.15, 0.2) is 24.4 Å². The zero-order valence-electron chi connectivity index (χ0n) is 15.2. The summed E-state index contributed by atoms with van der Waals surface area (Å²) < 4.78 is 5.80. The van der Waals surface area contributed by atoms with Gasteiger partial charge in [-0.1, -0.05) is 11.6 Å². The van der Waals surface area contributed by atoms with Crippen LogP contribution in [0.2, 0.25) is 10.3 Å². The minimum Gasteiger partial charge on any atom is -0.492 e. The van der Waals surface area contributed by atoms with E-state index in [2.05, 4.69) is 20.2 Å². The lowest BCUT2D eigenvalue weighted by atomic mass is 10.2. The zero-order valence-corrected chi connectivity index (χ0v) is 16.7. The summed E-state index contributed by atoms with van der Waals surface area (Å²) in [5.41, 5.74) is 1.78. The van der Waals surface area contributed by atoms with Gasteiger partial charge in [-0.05, 0) is 30.7 Å². The van der Waals surface area contributed by atoms with Crippen LogP contribution in [-0.2, 0) is 4.79 Å². The van der Waals surface area contributed by atoms with Crippen LogP contribution in [0.5, 0.6) is 5.75 Å². The van der Waals surface area contributed by atoms with Crippen molar-refractivity contribution in [3.05, 3.63) is 34.7 Å². The molecular formula is C18H21Cl2N5O2. The molecule has 144 valence electrons. The number of hydrogen-bond donors (Lipinski definition) is 1. The monoisotopic (exact) mass is 409 g/mol. The van der Waals surface area contributed by atoms with Gasteiger partial charge in [0.15, 0.2) is 5.82 Å². The highest BCUT2D eigenvalue weighted by atomic mass is 35.5. The number of benzene rings is 1. The highest BCUT2D eigenvalue weighted by Gasteiger charge is 2.20. The fourth-order valence-corrected chi connectivity index (χ4v) is 3.20. The quantitative estimate of drug-likeness (QED) is 0.760. The maximum absolute atomic E-state index is 11.5. The molecule has 0 bridgehead atoms. The first-order valence-corrected chi connectivity index (χ1v) is 9.46. The smallest absolute Gasteiger partial charge is 0.224 e. The minimum atomic E-state index is 0.111. The van der Waals surface area contributed by atoms with E-state index >= 15 is 0 Å². The molecule has 9 heteroatoms. The van der Waals surface area contributed by atoms with Gasteiger partial charge in [0.05, 0.1) is 18.5 Å². The van der Waals surface area contributed by atoms with E-state index in [1.54, 1.807) is 6.92 Å². The number of hydrogen-bond acceptors (Lipinski definition) is 6. The summed E-state index contributed by atoms with van der Waals surface area (Å²) in [5.74, 6) is 1.22. The summed E-state index contributed by atoms with van der Waals surface area (Å²) in [6.45, 7) is 7.05. The largest absolute Gasteiger partial charge is 0.492 e. The van der Waals surface area contributed by atoms with Crippen molar-refractivity contribution in [1.29, 1.82) is 0 Å². The van der Waals surface area contributed by atoms with Gasteiger partial charge in [-0.2, -0.15) is 4.98 Å². The van der Waals surface area contributed by atoms with E-state index in [1.165, 1.54) is 6.20 Å². The number of anilines is 3. The molecule has 2 aromatic rings. The van der Waals surface area contributed by atoms with Crippen LogP contribution in [0.25, 0.3) is 0 Å². The number of piperazine rings is 1. The Morgan fingerprint density at radius 1 is 1.26 bits per heavy atom. The van der Waals surface area contributed by atoms with Gasteiger partial charge in [0, 0.05) is 44.9 Å². The SMILES string of the molecule is CCOc1cc(N2CCN(C(C)=O)CC2)ccc1Nc1nc(Cl)ncc1Cl. The predicted octanol–water partition coefficient (Wildman–Crippen LogP) is 3.59. The molecule has 1 aliphatic rings. The van der Waals surface area contributed by atoms with E-state index in [0.717, 1.165) is 24.5 Å². The summed E-state index contributed by atoms with van der Waals surface area (Å²) in [4.78, 5) is 23.6. The number of nitrogens with one attached hydrogen (secondary N) is 1. The molecule has 2 heterocycles. The maximum Gasteiger partial charge on any atom is 0.224 e. The van der Waals surface area contributed by atoms with E-state index in [4.69, 9.17) is 27.9 Å². The second kappa shape index (κ2) is 8.63. The average Bonchev–Trinajstić information content (AvgIpc) is 2.66. The number of halogens is 2. The molecule has 1 fully saturated rings. The highest BCUT2D eigenvalue weighted by Crippen LogP contribution is 2.34. The van der Waals surface area contributed by atoms with Crippen LogP contribution in [0.4, 0.5) is 17.2 Å². The number of amides is 1. The molecule has 1 aliphatic heterocycles. The third-order valence-corrected chi connectivity index (χ3v) is 4.78. The van der Waals surface area contributed by atoms with E-state index < -0.39 is 0 Å². The maximum atomic E-state index is 11.5. The van der Waals surface area contributed by atoms with Crippen molar-refractivity contribution in [2.45, 2.75) is 13.8 Å². The fourth-order valence-electron chi connectivity index (χ4n) is 2.93. The Labute approximate surface area is 168 Å². The summed E-state index contributed by atoms with van der Waals surface area (Å²) in [6.07, 6.45) is 1.45. The third kappa shape index (κ3) is 4.73. The standard InChI is InChI=1S/C18H21Cl2N5O2/c1-3-27-16-10-13(25-8-6-24(7-9-25)12(2)26)4-5-15(16)22-17-14(19)11-21-18(20)23-17/h4-5,10-11H,3,6-9H2,1-2H3,(H,21,22,23). The van der Waals surface area contributed by atoms with Crippen LogP contribution in [0.1, 0.15) is 13.8 Å². The third-order valence-electron chi connectivity index (χ3n) is 4.32. The number of nitrogens with zero attached hydrogens (tertiary/aromatic N) is 4. The molecule has 1 saturated heterocycles. The van der Waals surface area contributed by atoms with Gasteiger partial charge in [-0.3, -0.25) is 4.79 Å². The van der Waals surface area contributed by atoms with Crippen molar-refractivity contribution >= 4 is 46.3 Å². The van der Waals surface area contributed by atoms with E-state index in [9.17, 15) is 4.79 Å². The van der Waals surface area contributed by atoms with Crippen molar-refractivity contribution in [3.8, 4) is 5.75 Å². The Bertz CT molecular complexity index is 825. The van der Waals surface area contributed by atoms with Crippen molar-refractivity contribution in [3.63, 3.8) is 0 Å². The highest BCUT2D eigenvalue weighted by molar-refractivity contribution is 6.33. The van der Waals surface area contributed by atoms with E-state index in [-0.39, 0.29) is 11.2 Å². The topological polar surface area (TPSA) is 70.6 Å².